The third-order valence-corrected chi connectivity index (χ3v) is 6.30. The van der Waals surface area contributed by atoms with Crippen LogP contribution in [0.25, 0.3) is 16.0 Å². The van der Waals surface area contributed by atoms with E-state index >= 15 is 0 Å². The molecular formula is C24H17N3O4S. The van der Waals surface area contributed by atoms with Gasteiger partial charge in [0.1, 0.15) is 17.6 Å². The minimum Gasteiger partial charge on any atom is -0.507 e. The molecule has 1 N–H and O–H groups in total. The first-order valence-electron chi connectivity index (χ1n) is 9.81. The second kappa shape index (κ2) is 7.90. The van der Waals surface area contributed by atoms with Gasteiger partial charge in [-0.25, -0.2) is 4.98 Å². The van der Waals surface area contributed by atoms with Crippen molar-refractivity contribution in [2.45, 2.75) is 6.04 Å². The van der Waals surface area contributed by atoms with E-state index in [2.05, 4.69) is 9.97 Å². The van der Waals surface area contributed by atoms with E-state index in [1.54, 1.807) is 48.7 Å². The first-order chi connectivity index (χ1) is 15.6. The van der Waals surface area contributed by atoms with Gasteiger partial charge in [-0.2, -0.15) is 0 Å². The molecule has 1 amide bonds. The van der Waals surface area contributed by atoms with Crippen LogP contribution in [0.5, 0.6) is 5.75 Å². The molecule has 1 saturated heterocycles. The number of ketones is 1. The summed E-state index contributed by atoms with van der Waals surface area (Å²) in [6.45, 7) is 0. The molecule has 2 aromatic heterocycles. The number of fused-ring (bicyclic) bond motifs is 1. The van der Waals surface area contributed by atoms with Gasteiger partial charge in [-0.1, -0.05) is 41.7 Å². The molecular weight excluding hydrogens is 426 g/mol. The van der Waals surface area contributed by atoms with E-state index in [9.17, 15) is 14.7 Å². The van der Waals surface area contributed by atoms with Gasteiger partial charge in [0.05, 0.1) is 34.2 Å². The Labute approximate surface area is 187 Å². The SMILES string of the molecule is COc1ccccc1/C(O)=C1\C(=O)C(=O)N(c2nc3ccccc3s2)C1c1ccccn1. The lowest BCUT2D eigenvalue weighted by molar-refractivity contribution is -0.132. The number of Topliss-reactive ketones (excluding diaryl/α,β-unsaturated/α-hetero) is 1. The van der Waals surface area contributed by atoms with Crippen molar-refractivity contribution in [2.75, 3.05) is 12.0 Å². The molecule has 0 saturated carbocycles. The fourth-order valence-electron chi connectivity index (χ4n) is 3.80. The van der Waals surface area contributed by atoms with E-state index in [0.717, 1.165) is 10.2 Å². The lowest BCUT2D eigenvalue weighted by Crippen LogP contribution is -2.29. The number of hydrogen-bond donors (Lipinski definition) is 1. The molecule has 1 aliphatic heterocycles. The van der Waals surface area contributed by atoms with Crippen LogP contribution in [0.4, 0.5) is 5.13 Å². The summed E-state index contributed by atoms with van der Waals surface area (Å²) >= 11 is 1.30. The number of methoxy groups -OCH3 is 1. The second-order valence-corrected chi connectivity index (χ2v) is 8.10. The third kappa shape index (κ3) is 3.12. The molecule has 1 atom stereocenters. The number of aliphatic hydroxyl groups excluding tert-OH is 1. The van der Waals surface area contributed by atoms with Crippen molar-refractivity contribution in [1.82, 2.24) is 9.97 Å². The predicted octanol–water partition coefficient (Wildman–Crippen LogP) is 4.33. The van der Waals surface area contributed by atoms with E-state index in [1.165, 1.54) is 23.3 Å². The standard InChI is InChI=1S/C24H17N3O4S/c1-31-17-11-4-2-8-14(17)21(28)19-20(16-10-6-7-13-25-16)27(23(30)22(19)29)24-26-15-9-3-5-12-18(15)32-24/h2-13,20,28H,1H3/b21-19+. The van der Waals surface area contributed by atoms with Crippen molar-refractivity contribution in [3.63, 3.8) is 0 Å². The van der Waals surface area contributed by atoms with Crippen LogP contribution >= 0.6 is 11.3 Å². The number of ether oxygens (including phenoxy) is 1. The average Bonchev–Trinajstić information content (AvgIpc) is 3.37. The molecule has 2 aromatic carbocycles. The summed E-state index contributed by atoms with van der Waals surface area (Å²) in [5.74, 6) is -1.50. The largest absolute Gasteiger partial charge is 0.507 e. The van der Waals surface area contributed by atoms with Crippen molar-refractivity contribution in [2.24, 2.45) is 0 Å². The van der Waals surface area contributed by atoms with Gasteiger partial charge in [0, 0.05) is 6.20 Å². The molecule has 158 valence electrons. The van der Waals surface area contributed by atoms with E-state index < -0.39 is 17.7 Å². The monoisotopic (exact) mass is 443 g/mol. The number of aromatic nitrogens is 2. The van der Waals surface area contributed by atoms with Crippen LogP contribution < -0.4 is 9.64 Å². The summed E-state index contributed by atoms with van der Waals surface area (Å²) in [5.41, 5.74) is 1.43. The number of amides is 1. The van der Waals surface area contributed by atoms with Gasteiger partial charge in [0.25, 0.3) is 5.78 Å². The molecule has 5 rings (SSSR count). The van der Waals surface area contributed by atoms with E-state index in [4.69, 9.17) is 4.74 Å². The number of anilines is 1. The maximum atomic E-state index is 13.2. The van der Waals surface area contributed by atoms with Gasteiger partial charge in [0.15, 0.2) is 5.13 Å². The topological polar surface area (TPSA) is 92.6 Å². The van der Waals surface area contributed by atoms with Crippen molar-refractivity contribution < 1.29 is 19.4 Å². The Morgan fingerprint density at radius 2 is 1.78 bits per heavy atom. The average molecular weight is 443 g/mol. The van der Waals surface area contributed by atoms with Crippen LogP contribution in [0.15, 0.2) is 78.5 Å². The summed E-state index contributed by atoms with van der Waals surface area (Å²) in [5, 5.41) is 11.6. The molecule has 0 spiro atoms. The quantitative estimate of drug-likeness (QED) is 0.287. The van der Waals surface area contributed by atoms with Gasteiger partial charge in [-0.3, -0.25) is 19.5 Å². The molecule has 4 aromatic rings. The Kier molecular flexibility index (Phi) is 4.91. The van der Waals surface area contributed by atoms with Gasteiger partial charge in [-0.15, -0.1) is 0 Å². The molecule has 1 aliphatic rings. The summed E-state index contributed by atoms with van der Waals surface area (Å²) in [4.78, 5) is 36.7. The van der Waals surface area contributed by atoms with Crippen LogP contribution in [0.1, 0.15) is 17.3 Å². The smallest absolute Gasteiger partial charge is 0.301 e. The number of rotatable bonds is 4. The number of thiazole rings is 1. The number of hydrogen-bond acceptors (Lipinski definition) is 7. The number of carbonyl (C=O) groups is 2. The zero-order valence-electron chi connectivity index (χ0n) is 16.9. The van der Waals surface area contributed by atoms with E-state index in [1.807, 2.05) is 24.3 Å². The molecule has 1 fully saturated rings. The minimum atomic E-state index is -0.929. The van der Waals surface area contributed by atoms with Crippen molar-refractivity contribution in [1.29, 1.82) is 0 Å². The minimum absolute atomic E-state index is 0.0579. The maximum Gasteiger partial charge on any atom is 0.301 e. The van der Waals surface area contributed by atoms with Crippen LogP contribution in [0.3, 0.4) is 0 Å². The van der Waals surface area contributed by atoms with Crippen LogP contribution in [0.2, 0.25) is 0 Å². The Morgan fingerprint density at radius 3 is 2.53 bits per heavy atom. The van der Waals surface area contributed by atoms with Gasteiger partial charge < -0.3 is 9.84 Å². The lowest BCUT2D eigenvalue weighted by atomic mass is 9.98. The molecule has 0 bridgehead atoms. The highest BCUT2D eigenvalue weighted by Crippen LogP contribution is 2.44. The predicted molar refractivity (Wildman–Crippen MR) is 122 cm³/mol. The molecule has 8 heteroatoms. The summed E-state index contributed by atoms with van der Waals surface area (Å²) in [6, 6.07) is 18.6. The second-order valence-electron chi connectivity index (χ2n) is 7.09. The highest BCUT2D eigenvalue weighted by atomic mass is 32.1. The maximum absolute atomic E-state index is 13.2. The van der Waals surface area contributed by atoms with E-state index in [0.29, 0.717) is 22.1 Å². The van der Waals surface area contributed by atoms with Gasteiger partial charge >= 0.3 is 5.91 Å². The van der Waals surface area contributed by atoms with Crippen LogP contribution in [-0.2, 0) is 9.59 Å². The molecule has 0 aliphatic carbocycles. The highest BCUT2D eigenvalue weighted by Gasteiger charge is 2.49. The number of para-hydroxylation sites is 2. The highest BCUT2D eigenvalue weighted by molar-refractivity contribution is 7.22. The number of aliphatic hydroxyl groups is 1. The normalized spacial score (nSPS) is 17.8. The fourth-order valence-corrected chi connectivity index (χ4v) is 4.79. The third-order valence-electron chi connectivity index (χ3n) is 5.26. The number of benzene rings is 2. The molecule has 7 nitrogen and oxygen atoms in total. The Balaban J connectivity index is 1.75. The number of nitrogens with zero attached hydrogens (tertiary/aromatic N) is 3. The van der Waals surface area contributed by atoms with Gasteiger partial charge in [0.2, 0.25) is 0 Å². The number of pyridine rings is 1. The van der Waals surface area contributed by atoms with Crippen molar-refractivity contribution >= 4 is 44.1 Å². The fraction of sp³-hybridized carbons (Fsp3) is 0.0833. The lowest BCUT2D eigenvalue weighted by Gasteiger charge is -2.22. The van der Waals surface area contributed by atoms with Crippen molar-refractivity contribution in [3.05, 3.63) is 89.8 Å². The Hall–Kier alpha value is -4.04. The van der Waals surface area contributed by atoms with Gasteiger partial charge in [-0.05, 0) is 36.4 Å². The summed E-state index contributed by atoms with van der Waals surface area (Å²) in [6.07, 6.45) is 1.58. The van der Waals surface area contributed by atoms with Crippen LogP contribution in [-0.4, -0.2) is 33.9 Å². The molecule has 0 radical (unpaired) electrons. The summed E-state index contributed by atoms with van der Waals surface area (Å²) < 4.78 is 6.23. The van der Waals surface area contributed by atoms with E-state index in [-0.39, 0.29) is 11.3 Å². The Morgan fingerprint density at radius 1 is 1.03 bits per heavy atom. The zero-order valence-corrected chi connectivity index (χ0v) is 17.7. The van der Waals surface area contributed by atoms with Crippen molar-refractivity contribution in [3.8, 4) is 5.75 Å². The Bertz CT molecular complexity index is 1350. The molecule has 32 heavy (non-hydrogen) atoms. The number of carbonyl (C=O) groups excluding carboxylic acids is 2. The first-order valence-corrected chi connectivity index (χ1v) is 10.6. The van der Waals surface area contributed by atoms with Crippen LogP contribution in [0, 0.1) is 0 Å². The first kappa shape index (κ1) is 19.9. The molecule has 3 heterocycles. The summed E-state index contributed by atoms with van der Waals surface area (Å²) in [7, 11) is 1.47. The zero-order chi connectivity index (χ0) is 22.2. The molecule has 1 unspecified atom stereocenters.